The van der Waals surface area contributed by atoms with Gasteiger partial charge in [-0.1, -0.05) is 52.5 Å². The van der Waals surface area contributed by atoms with Gasteiger partial charge in [0, 0.05) is 53.9 Å². The second-order valence-corrected chi connectivity index (χ2v) is 9.32. The standard InChI is InChI=1S/C20H24BIN2O3S.2C2H6/c1-14(21-26-19(2,3)20(4,5)27-21)12-23-18-11-15(13-24(18)28-22)16-9-7-8-10-17(16)25-6;2*1-2/h7-13H,1H2,2-6H3;2*1-2H3/b23-12-;;. The van der Waals surface area contributed by atoms with E-state index in [4.69, 9.17) is 14.0 Å². The van der Waals surface area contributed by atoms with Gasteiger partial charge in [0.2, 0.25) is 0 Å². The van der Waals surface area contributed by atoms with Crippen LogP contribution in [0, 0.1) is 0 Å². The van der Waals surface area contributed by atoms with Gasteiger partial charge in [0.1, 0.15) is 11.6 Å². The maximum atomic E-state index is 6.03. The van der Waals surface area contributed by atoms with Crippen LogP contribution in [0.15, 0.2) is 53.6 Å². The fourth-order valence-corrected chi connectivity index (χ4v) is 4.09. The zero-order valence-electron chi connectivity index (χ0n) is 20.7. The van der Waals surface area contributed by atoms with Gasteiger partial charge in [-0.2, -0.15) is 0 Å². The van der Waals surface area contributed by atoms with Crippen LogP contribution < -0.4 is 4.74 Å². The molecule has 0 aliphatic carbocycles. The number of para-hydroxylation sites is 1. The van der Waals surface area contributed by atoms with E-state index in [1.807, 2.05) is 95.9 Å². The van der Waals surface area contributed by atoms with Gasteiger partial charge in [-0.3, -0.25) is 3.97 Å². The van der Waals surface area contributed by atoms with E-state index in [9.17, 15) is 0 Å². The number of hydrogen-bond donors (Lipinski definition) is 0. The summed E-state index contributed by atoms with van der Waals surface area (Å²) < 4.78 is 19.5. The van der Waals surface area contributed by atoms with Crippen LogP contribution in [0.3, 0.4) is 0 Å². The molecule has 1 aromatic carbocycles. The first-order valence-electron chi connectivity index (χ1n) is 10.9. The topological polar surface area (TPSA) is 45.0 Å². The number of hydrogen-bond acceptors (Lipinski definition) is 5. The molecule has 8 heteroatoms. The predicted octanol–water partition coefficient (Wildman–Crippen LogP) is 7.95. The second kappa shape index (κ2) is 12.9. The Hall–Kier alpha value is -1.23. The van der Waals surface area contributed by atoms with Crippen molar-refractivity contribution >= 4 is 49.5 Å². The monoisotopic (exact) mass is 570 g/mol. The highest BCUT2D eigenvalue weighted by Crippen LogP contribution is 2.39. The largest absolute Gasteiger partial charge is 0.496 e. The molecule has 0 unspecified atom stereocenters. The lowest BCUT2D eigenvalue weighted by molar-refractivity contribution is 0.00578. The summed E-state index contributed by atoms with van der Waals surface area (Å²) in [7, 11) is 2.72. The van der Waals surface area contributed by atoms with Crippen molar-refractivity contribution in [1.82, 2.24) is 3.97 Å². The van der Waals surface area contributed by atoms with Crippen LogP contribution in [0.4, 0.5) is 5.82 Å². The molecule has 0 spiro atoms. The molecule has 2 heterocycles. The smallest absolute Gasteiger partial charge is 0.495 e. The number of aliphatic imine (C=N–C) groups is 1. The van der Waals surface area contributed by atoms with Crippen molar-refractivity contribution in [1.29, 1.82) is 0 Å². The van der Waals surface area contributed by atoms with Crippen molar-refractivity contribution in [2.45, 2.75) is 66.6 Å². The zero-order chi connectivity index (χ0) is 24.5. The average Bonchev–Trinajstić information content (AvgIpc) is 3.31. The molecule has 1 fully saturated rings. The highest BCUT2D eigenvalue weighted by molar-refractivity contribution is 14.2. The molecule has 1 aliphatic heterocycles. The summed E-state index contributed by atoms with van der Waals surface area (Å²) in [5.41, 5.74) is 1.95. The van der Waals surface area contributed by atoms with Crippen LogP contribution in [0.25, 0.3) is 11.1 Å². The van der Waals surface area contributed by atoms with Gasteiger partial charge in [0.05, 0.1) is 18.3 Å². The number of allylic oxidation sites excluding steroid dienone is 1. The maximum Gasteiger partial charge on any atom is 0.495 e. The molecule has 0 atom stereocenters. The number of halogens is 1. The highest BCUT2D eigenvalue weighted by atomic mass is 127. The van der Waals surface area contributed by atoms with Gasteiger partial charge in [-0.25, -0.2) is 4.99 Å². The summed E-state index contributed by atoms with van der Waals surface area (Å²) in [6.45, 7) is 20.2. The molecule has 1 saturated heterocycles. The minimum Gasteiger partial charge on any atom is -0.496 e. The number of aromatic nitrogens is 1. The number of rotatable bonds is 6. The van der Waals surface area contributed by atoms with Crippen LogP contribution >= 0.6 is 30.3 Å². The number of benzene rings is 1. The minimum atomic E-state index is -0.502. The van der Waals surface area contributed by atoms with E-state index in [1.165, 1.54) is 0 Å². The number of methoxy groups -OCH3 is 1. The van der Waals surface area contributed by atoms with Gasteiger partial charge in [-0.15, -0.1) is 0 Å². The quantitative estimate of drug-likeness (QED) is 0.201. The Labute approximate surface area is 210 Å². The molecule has 5 nitrogen and oxygen atoms in total. The predicted molar refractivity (Wildman–Crippen MR) is 149 cm³/mol. The molecule has 0 bridgehead atoms. The summed E-state index contributed by atoms with van der Waals surface area (Å²) in [6.07, 6.45) is 3.76. The third-order valence-electron chi connectivity index (χ3n) is 5.18. The second-order valence-electron chi connectivity index (χ2n) is 7.60. The molecule has 1 aromatic heterocycles. The van der Waals surface area contributed by atoms with E-state index >= 15 is 0 Å². The third-order valence-corrected chi connectivity index (χ3v) is 6.89. The first-order chi connectivity index (χ1) is 15.2. The summed E-state index contributed by atoms with van der Waals surface area (Å²) in [4.78, 5) is 4.63. The SMILES string of the molecule is C=C(/C=N\c1cc(-c2ccccc2OC)cn1SI)B1OC(C)(C)C(C)(C)O1.CC.CC. The summed E-state index contributed by atoms with van der Waals surface area (Å²) >= 11 is 2.24. The molecular formula is C24H36BIN2O3S. The molecule has 0 saturated carbocycles. The van der Waals surface area contributed by atoms with Crippen LogP contribution in [-0.2, 0) is 9.31 Å². The van der Waals surface area contributed by atoms with Crippen LogP contribution in [0.1, 0.15) is 55.4 Å². The molecule has 32 heavy (non-hydrogen) atoms. The summed E-state index contributed by atoms with van der Waals surface area (Å²) in [5.74, 6) is 1.63. The molecule has 0 N–H and O–H groups in total. The minimum absolute atomic E-state index is 0.399. The van der Waals surface area contributed by atoms with Crippen LogP contribution in [0.2, 0.25) is 0 Å². The fourth-order valence-electron chi connectivity index (χ4n) is 2.82. The van der Waals surface area contributed by atoms with Crippen molar-refractivity contribution in [2.75, 3.05) is 7.11 Å². The fraction of sp³-hybridized carbons (Fsp3) is 0.458. The first kappa shape index (κ1) is 28.8. The molecule has 0 radical (unpaired) electrons. The number of ether oxygens (including phenoxy) is 1. The zero-order valence-corrected chi connectivity index (χ0v) is 23.7. The Morgan fingerprint density at radius 2 is 1.69 bits per heavy atom. The highest BCUT2D eigenvalue weighted by Gasteiger charge is 2.51. The molecule has 2 aromatic rings. The van der Waals surface area contributed by atoms with Gasteiger partial charge >= 0.3 is 7.12 Å². The van der Waals surface area contributed by atoms with Crippen molar-refractivity contribution in [3.05, 3.63) is 48.6 Å². The van der Waals surface area contributed by atoms with Gasteiger partial charge in [0.25, 0.3) is 0 Å². The average molecular weight is 570 g/mol. The van der Waals surface area contributed by atoms with Gasteiger partial charge in [-0.05, 0) is 45.3 Å². The van der Waals surface area contributed by atoms with E-state index in [2.05, 4.69) is 32.8 Å². The first-order valence-corrected chi connectivity index (χ1v) is 14.2. The van der Waals surface area contributed by atoms with Crippen LogP contribution in [-0.4, -0.2) is 35.6 Å². The Balaban J connectivity index is 0.00000121. The Bertz CT molecular complexity index is 896. The van der Waals surface area contributed by atoms with E-state index in [-0.39, 0.29) is 0 Å². The molecule has 0 amide bonds. The van der Waals surface area contributed by atoms with E-state index in [0.717, 1.165) is 22.7 Å². The van der Waals surface area contributed by atoms with Crippen molar-refractivity contribution in [3.8, 4) is 16.9 Å². The third kappa shape index (κ3) is 6.65. The van der Waals surface area contributed by atoms with Crippen molar-refractivity contribution in [2.24, 2.45) is 4.99 Å². The Morgan fingerprint density at radius 3 is 2.22 bits per heavy atom. The Kier molecular flexibility index (Phi) is 11.6. The summed E-state index contributed by atoms with van der Waals surface area (Å²) in [6, 6.07) is 9.97. The lowest BCUT2D eigenvalue weighted by Crippen LogP contribution is -2.41. The lowest BCUT2D eigenvalue weighted by Gasteiger charge is -2.32. The van der Waals surface area contributed by atoms with Crippen LogP contribution in [0.5, 0.6) is 5.75 Å². The van der Waals surface area contributed by atoms with E-state index < -0.39 is 18.3 Å². The molecular weight excluding hydrogens is 534 g/mol. The molecule has 3 rings (SSSR count). The van der Waals surface area contributed by atoms with Crippen molar-refractivity contribution in [3.63, 3.8) is 0 Å². The van der Waals surface area contributed by atoms with E-state index in [0.29, 0.717) is 5.47 Å². The van der Waals surface area contributed by atoms with Crippen molar-refractivity contribution < 1.29 is 14.0 Å². The van der Waals surface area contributed by atoms with Gasteiger partial charge in [0.15, 0.2) is 0 Å². The van der Waals surface area contributed by atoms with E-state index in [1.54, 1.807) is 22.4 Å². The normalized spacial score (nSPS) is 16.1. The molecule has 1 aliphatic rings. The number of nitrogens with zero attached hydrogens (tertiary/aromatic N) is 2. The van der Waals surface area contributed by atoms with Gasteiger partial charge < -0.3 is 14.0 Å². The Morgan fingerprint density at radius 1 is 1.12 bits per heavy atom. The lowest BCUT2D eigenvalue weighted by atomic mass is 9.80. The summed E-state index contributed by atoms with van der Waals surface area (Å²) in [5, 5.41) is 0. The molecule has 176 valence electrons. The maximum absolute atomic E-state index is 6.03.